The highest BCUT2D eigenvalue weighted by molar-refractivity contribution is 5.20. The van der Waals surface area contributed by atoms with E-state index in [1.807, 2.05) is 0 Å². The van der Waals surface area contributed by atoms with Crippen LogP contribution in [0.25, 0.3) is 0 Å². The monoisotopic (exact) mass is 207 g/mol. The molecule has 15 heavy (non-hydrogen) atoms. The zero-order valence-electron chi connectivity index (χ0n) is 10.3. The number of nitrogens with one attached hydrogen (secondary N) is 1. The quantitative estimate of drug-likeness (QED) is 0.698. The van der Waals surface area contributed by atoms with E-state index >= 15 is 0 Å². The van der Waals surface area contributed by atoms with Gasteiger partial charge in [0.2, 0.25) is 0 Å². The minimum absolute atomic E-state index is 0.523. The Hall–Kier alpha value is -0.300. The summed E-state index contributed by atoms with van der Waals surface area (Å²) in [6.45, 7) is 3.65. The van der Waals surface area contributed by atoms with Crippen LogP contribution in [-0.2, 0) is 0 Å². The molecule has 0 spiro atoms. The lowest BCUT2D eigenvalue weighted by molar-refractivity contribution is 0.253. The van der Waals surface area contributed by atoms with Crippen molar-refractivity contribution in [2.24, 2.45) is 11.3 Å². The molecule has 2 aliphatic carbocycles. The third-order valence-corrected chi connectivity index (χ3v) is 4.63. The van der Waals surface area contributed by atoms with E-state index in [1.54, 1.807) is 5.57 Å². The highest BCUT2D eigenvalue weighted by Gasteiger charge is 2.42. The molecular formula is C14H25N. The van der Waals surface area contributed by atoms with Gasteiger partial charge in [-0.1, -0.05) is 25.0 Å². The zero-order valence-corrected chi connectivity index (χ0v) is 10.3. The molecule has 1 heteroatoms. The van der Waals surface area contributed by atoms with Crippen molar-refractivity contribution in [2.45, 2.75) is 51.9 Å². The first-order valence-electron chi connectivity index (χ1n) is 6.64. The second kappa shape index (κ2) is 4.69. The van der Waals surface area contributed by atoms with Crippen LogP contribution in [0.5, 0.6) is 0 Å². The predicted octanol–water partition coefficient (Wildman–Crippen LogP) is 3.51. The van der Waals surface area contributed by atoms with Crippen molar-refractivity contribution in [1.82, 2.24) is 5.32 Å². The predicted molar refractivity (Wildman–Crippen MR) is 65.9 cm³/mol. The van der Waals surface area contributed by atoms with Crippen molar-refractivity contribution >= 4 is 0 Å². The first kappa shape index (κ1) is 11.2. The molecule has 1 N–H and O–H groups in total. The van der Waals surface area contributed by atoms with Gasteiger partial charge in [-0.15, -0.1) is 0 Å². The topological polar surface area (TPSA) is 12.0 Å². The smallest absolute Gasteiger partial charge is 0.00621 e. The van der Waals surface area contributed by atoms with Crippen LogP contribution in [0, 0.1) is 11.3 Å². The zero-order chi connectivity index (χ0) is 10.7. The maximum atomic E-state index is 3.44. The Morgan fingerprint density at radius 3 is 2.80 bits per heavy atom. The number of rotatable bonds is 3. The molecule has 0 radical (unpaired) electrons. The summed E-state index contributed by atoms with van der Waals surface area (Å²) in [6, 6.07) is 0. The van der Waals surface area contributed by atoms with Gasteiger partial charge < -0.3 is 5.32 Å². The minimum Gasteiger partial charge on any atom is -0.319 e. The Labute approximate surface area is 94.3 Å². The summed E-state index contributed by atoms with van der Waals surface area (Å²) in [7, 11) is 2.11. The number of allylic oxidation sites excluding steroid dienone is 1. The van der Waals surface area contributed by atoms with E-state index in [-0.39, 0.29) is 0 Å². The van der Waals surface area contributed by atoms with Gasteiger partial charge in [-0.3, -0.25) is 0 Å². The Balaban J connectivity index is 2.20. The average molecular weight is 207 g/mol. The fraction of sp³-hybridized carbons (Fsp3) is 0.857. The lowest BCUT2D eigenvalue weighted by Crippen LogP contribution is -2.37. The van der Waals surface area contributed by atoms with Crippen molar-refractivity contribution < 1.29 is 0 Å². The fourth-order valence-corrected chi connectivity index (χ4v) is 3.71. The highest BCUT2D eigenvalue weighted by atomic mass is 14.8. The molecule has 0 amide bonds. The van der Waals surface area contributed by atoms with E-state index in [9.17, 15) is 0 Å². The molecule has 0 bridgehead atoms. The molecule has 0 aromatic rings. The summed E-state index contributed by atoms with van der Waals surface area (Å²) >= 11 is 0. The molecule has 86 valence electrons. The van der Waals surface area contributed by atoms with Crippen LogP contribution in [-0.4, -0.2) is 13.6 Å². The lowest BCUT2D eigenvalue weighted by atomic mass is 9.69. The number of hydrogen-bond donors (Lipinski definition) is 1. The third kappa shape index (κ3) is 1.99. The van der Waals surface area contributed by atoms with Gasteiger partial charge in [0.25, 0.3) is 0 Å². The van der Waals surface area contributed by atoms with Gasteiger partial charge in [0.1, 0.15) is 0 Å². The Morgan fingerprint density at radius 2 is 2.27 bits per heavy atom. The van der Waals surface area contributed by atoms with E-state index in [0.717, 1.165) is 5.92 Å². The van der Waals surface area contributed by atoms with E-state index in [0.29, 0.717) is 5.41 Å². The van der Waals surface area contributed by atoms with E-state index < -0.39 is 0 Å². The van der Waals surface area contributed by atoms with Crippen LogP contribution in [0.1, 0.15) is 51.9 Å². The molecule has 0 aromatic heterocycles. The molecule has 1 saturated carbocycles. The van der Waals surface area contributed by atoms with E-state index in [2.05, 4.69) is 25.4 Å². The van der Waals surface area contributed by atoms with Crippen molar-refractivity contribution in [3.05, 3.63) is 11.6 Å². The Bertz CT molecular complexity index is 244. The van der Waals surface area contributed by atoms with Crippen molar-refractivity contribution in [2.75, 3.05) is 13.6 Å². The van der Waals surface area contributed by atoms with Crippen molar-refractivity contribution in [3.63, 3.8) is 0 Å². The molecular weight excluding hydrogens is 182 g/mol. The molecule has 1 nitrogen and oxygen atoms in total. The van der Waals surface area contributed by atoms with Crippen LogP contribution in [0.4, 0.5) is 0 Å². The maximum absolute atomic E-state index is 3.44. The van der Waals surface area contributed by atoms with Gasteiger partial charge in [-0.25, -0.2) is 0 Å². The Morgan fingerprint density at radius 1 is 1.40 bits per heavy atom. The lowest BCUT2D eigenvalue weighted by Gasteiger charge is -2.38. The van der Waals surface area contributed by atoms with Crippen LogP contribution in [0.2, 0.25) is 0 Å². The average Bonchev–Trinajstić information content (AvgIpc) is 2.63. The minimum atomic E-state index is 0.523. The Kier molecular flexibility index (Phi) is 3.50. The van der Waals surface area contributed by atoms with Gasteiger partial charge in [-0.2, -0.15) is 0 Å². The summed E-state index contributed by atoms with van der Waals surface area (Å²) in [4.78, 5) is 0. The summed E-state index contributed by atoms with van der Waals surface area (Å²) in [6.07, 6.45) is 12.4. The SMILES string of the molecule is CNCC1(C2=CCCCC2)CCCC1C. The highest BCUT2D eigenvalue weighted by Crippen LogP contribution is 2.50. The van der Waals surface area contributed by atoms with Crippen LogP contribution >= 0.6 is 0 Å². The van der Waals surface area contributed by atoms with Gasteiger partial charge in [0.05, 0.1) is 0 Å². The van der Waals surface area contributed by atoms with Crippen LogP contribution in [0.15, 0.2) is 11.6 Å². The molecule has 2 unspecified atom stereocenters. The standard InChI is InChI=1S/C14H25N/c1-12-7-6-10-14(12,11-15-2)13-8-4-3-5-9-13/h8,12,15H,3-7,9-11H2,1-2H3. The van der Waals surface area contributed by atoms with Crippen LogP contribution < -0.4 is 5.32 Å². The second-order valence-corrected chi connectivity index (χ2v) is 5.45. The molecule has 2 rings (SSSR count). The molecule has 1 fully saturated rings. The normalized spacial score (nSPS) is 36.7. The van der Waals surface area contributed by atoms with Gasteiger partial charge in [-0.05, 0) is 51.5 Å². The van der Waals surface area contributed by atoms with Crippen LogP contribution in [0.3, 0.4) is 0 Å². The summed E-state index contributed by atoms with van der Waals surface area (Å²) < 4.78 is 0. The van der Waals surface area contributed by atoms with Crippen molar-refractivity contribution in [3.8, 4) is 0 Å². The van der Waals surface area contributed by atoms with Crippen molar-refractivity contribution in [1.29, 1.82) is 0 Å². The fourth-order valence-electron chi connectivity index (χ4n) is 3.71. The molecule has 0 aromatic carbocycles. The first-order chi connectivity index (χ1) is 7.29. The molecule has 2 atom stereocenters. The summed E-state index contributed by atoms with van der Waals surface area (Å²) in [5, 5.41) is 3.44. The summed E-state index contributed by atoms with van der Waals surface area (Å²) in [5.41, 5.74) is 2.31. The van der Waals surface area contributed by atoms with Gasteiger partial charge in [0, 0.05) is 12.0 Å². The molecule has 0 aliphatic heterocycles. The third-order valence-electron chi connectivity index (χ3n) is 4.63. The first-order valence-corrected chi connectivity index (χ1v) is 6.64. The maximum Gasteiger partial charge on any atom is 0.00621 e. The second-order valence-electron chi connectivity index (χ2n) is 5.45. The molecule has 0 heterocycles. The molecule has 0 saturated heterocycles. The summed E-state index contributed by atoms with van der Waals surface area (Å²) in [5.74, 6) is 0.884. The van der Waals surface area contributed by atoms with Gasteiger partial charge in [0.15, 0.2) is 0 Å². The van der Waals surface area contributed by atoms with Gasteiger partial charge >= 0.3 is 0 Å². The number of hydrogen-bond acceptors (Lipinski definition) is 1. The largest absolute Gasteiger partial charge is 0.319 e. The molecule has 2 aliphatic rings. The van der Waals surface area contributed by atoms with E-state index in [1.165, 1.54) is 51.5 Å². The van der Waals surface area contributed by atoms with E-state index in [4.69, 9.17) is 0 Å².